The predicted molar refractivity (Wildman–Crippen MR) is 95.3 cm³/mol. The average molecular weight is 356 g/mol. The van der Waals surface area contributed by atoms with Crippen LogP contribution in [0.1, 0.15) is 35.7 Å². The highest BCUT2D eigenvalue weighted by molar-refractivity contribution is 6.10. The van der Waals surface area contributed by atoms with Crippen molar-refractivity contribution in [2.45, 2.75) is 19.8 Å². The second-order valence-corrected chi connectivity index (χ2v) is 6.32. The molecule has 2 unspecified atom stereocenters. The van der Waals surface area contributed by atoms with Crippen LogP contribution in [0.4, 0.5) is 4.39 Å². The molecule has 0 aliphatic rings. The Kier molecular flexibility index (Phi) is 6.39. The van der Waals surface area contributed by atoms with Crippen molar-refractivity contribution >= 4 is 17.5 Å². The molecule has 0 aromatic heterocycles. The Hall–Kier alpha value is -2.82. The van der Waals surface area contributed by atoms with Gasteiger partial charge in [-0.05, 0) is 29.8 Å². The topological polar surface area (TPSA) is 60.4 Å². The first-order valence-electron chi connectivity index (χ1n) is 8.33. The molecule has 2 rings (SSSR count). The van der Waals surface area contributed by atoms with E-state index in [2.05, 4.69) is 0 Å². The minimum Gasteiger partial charge on any atom is -0.468 e. The Bertz CT molecular complexity index is 781. The molecule has 0 radical (unpaired) electrons. The first kappa shape index (κ1) is 19.5. The van der Waals surface area contributed by atoms with Crippen LogP contribution in [0.2, 0.25) is 0 Å². The van der Waals surface area contributed by atoms with Crippen LogP contribution in [-0.2, 0) is 14.3 Å². The maximum absolute atomic E-state index is 13.2. The number of ketones is 2. The zero-order valence-corrected chi connectivity index (χ0v) is 14.9. The van der Waals surface area contributed by atoms with Gasteiger partial charge in [-0.25, -0.2) is 4.39 Å². The summed E-state index contributed by atoms with van der Waals surface area (Å²) in [4.78, 5) is 38.3. The minimum atomic E-state index is -1.26. The van der Waals surface area contributed by atoms with Crippen molar-refractivity contribution in [2.75, 3.05) is 7.11 Å². The summed E-state index contributed by atoms with van der Waals surface area (Å²) in [6.07, 6.45) is 0. The van der Waals surface area contributed by atoms with Gasteiger partial charge in [-0.1, -0.05) is 44.2 Å². The molecule has 2 atom stereocenters. The molecular weight excluding hydrogens is 335 g/mol. The molecule has 0 aliphatic carbocycles. The standard InChI is InChI=1S/C21H21FO4/c1-13(2)19(23)18(21(25)26-3)17(14-7-5-4-6-8-14)20(24)15-9-11-16(22)12-10-15/h4-13,17-18H,1-3H3. The number of hydrogen-bond acceptors (Lipinski definition) is 4. The van der Waals surface area contributed by atoms with Gasteiger partial charge in [0.1, 0.15) is 11.7 Å². The number of benzene rings is 2. The monoisotopic (exact) mass is 356 g/mol. The number of methoxy groups -OCH3 is 1. The van der Waals surface area contributed by atoms with Gasteiger partial charge in [0.15, 0.2) is 11.6 Å². The number of carbonyl (C=O) groups is 3. The Labute approximate surface area is 152 Å². The number of rotatable bonds is 7. The molecule has 0 aliphatic heterocycles. The van der Waals surface area contributed by atoms with E-state index < -0.39 is 35.3 Å². The molecule has 5 heteroatoms. The van der Waals surface area contributed by atoms with Crippen molar-refractivity contribution in [1.82, 2.24) is 0 Å². The molecule has 136 valence electrons. The van der Waals surface area contributed by atoms with Crippen molar-refractivity contribution in [1.29, 1.82) is 0 Å². The molecule has 0 bridgehead atoms. The first-order valence-corrected chi connectivity index (χ1v) is 8.33. The van der Waals surface area contributed by atoms with E-state index in [1.54, 1.807) is 44.2 Å². The third kappa shape index (κ3) is 4.23. The van der Waals surface area contributed by atoms with Gasteiger partial charge in [-0.2, -0.15) is 0 Å². The number of esters is 1. The molecule has 2 aromatic carbocycles. The van der Waals surface area contributed by atoms with Crippen LogP contribution in [0.5, 0.6) is 0 Å². The molecule has 0 spiro atoms. The lowest BCUT2D eigenvalue weighted by Crippen LogP contribution is -2.37. The molecule has 0 saturated heterocycles. The van der Waals surface area contributed by atoms with E-state index in [0.717, 1.165) is 0 Å². The second-order valence-electron chi connectivity index (χ2n) is 6.32. The zero-order valence-electron chi connectivity index (χ0n) is 14.9. The van der Waals surface area contributed by atoms with Gasteiger partial charge >= 0.3 is 5.97 Å². The highest BCUT2D eigenvalue weighted by atomic mass is 19.1. The fourth-order valence-corrected chi connectivity index (χ4v) is 2.85. The molecule has 0 fully saturated rings. The van der Waals surface area contributed by atoms with E-state index in [-0.39, 0.29) is 11.3 Å². The quantitative estimate of drug-likeness (QED) is 0.430. The number of ether oxygens (including phenoxy) is 1. The summed E-state index contributed by atoms with van der Waals surface area (Å²) < 4.78 is 18.0. The third-order valence-corrected chi connectivity index (χ3v) is 4.23. The van der Waals surface area contributed by atoms with Crippen LogP contribution in [-0.4, -0.2) is 24.6 Å². The lowest BCUT2D eigenvalue weighted by Gasteiger charge is -2.25. The van der Waals surface area contributed by atoms with Crippen molar-refractivity contribution < 1.29 is 23.5 Å². The maximum atomic E-state index is 13.2. The van der Waals surface area contributed by atoms with Crippen molar-refractivity contribution in [2.24, 2.45) is 11.8 Å². The highest BCUT2D eigenvalue weighted by Crippen LogP contribution is 2.32. The largest absolute Gasteiger partial charge is 0.468 e. The van der Waals surface area contributed by atoms with Gasteiger partial charge in [-0.15, -0.1) is 0 Å². The van der Waals surface area contributed by atoms with Gasteiger partial charge in [-0.3, -0.25) is 14.4 Å². The summed E-state index contributed by atoms with van der Waals surface area (Å²) >= 11 is 0. The molecule has 0 N–H and O–H groups in total. The van der Waals surface area contributed by atoms with E-state index in [4.69, 9.17) is 4.74 Å². The van der Waals surface area contributed by atoms with Crippen LogP contribution in [0.25, 0.3) is 0 Å². The summed E-state index contributed by atoms with van der Waals surface area (Å²) in [5, 5.41) is 0. The maximum Gasteiger partial charge on any atom is 0.317 e. The fourth-order valence-electron chi connectivity index (χ4n) is 2.85. The van der Waals surface area contributed by atoms with Gasteiger partial charge in [0.05, 0.1) is 13.0 Å². The molecule has 2 aromatic rings. The van der Waals surface area contributed by atoms with Gasteiger partial charge in [0.2, 0.25) is 0 Å². The number of hydrogen-bond donors (Lipinski definition) is 0. The SMILES string of the molecule is COC(=O)C(C(=O)C(C)C)C(C(=O)c1ccc(F)cc1)c1ccccc1. The van der Waals surface area contributed by atoms with E-state index in [1.807, 2.05) is 0 Å². The number of carbonyl (C=O) groups excluding carboxylic acids is 3. The lowest BCUT2D eigenvalue weighted by atomic mass is 9.76. The van der Waals surface area contributed by atoms with E-state index in [1.165, 1.54) is 31.4 Å². The van der Waals surface area contributed by atoms with Crippen LogP contribution in [0.15, 0.2) is 54.6 Å². The van der Waals surface area contributed by atoms with E-state index in [0.29, 0.717) is 5.56 Å². The molecule has 0 amide bonds. The van der Waals surface area contributed by atoms with E-state index >= 15 is 0 Å². The summed E-state index contributed by atoms with van der Waals surface area (Å²) in [6, 6.07) is 13.7. The Morgan fingerprint density at radius 3 is 2.00 bits per heavy atom. The normalized spacial score (nSPS) is 13.1. The second kappa shape index (κ2) is 8.52. The molecule has 4 nitrogen and oxygen atoms in total. The average Bonchev–Trinajstić information content (AvgIpc) is 2.65. The smallest absolute Gasteiger partial charge is 0.317 e. The van der Waals surface area contributed by atoms with Gasteiger partial charge < -0.3 is 4.74 Å². The predicted octanol–water partition coefficient (Wildman–Crippen LogP) is 3.81. The van der Waals surface area contributed by atoms with Crippen LogP contribution in [0.3, 0.4) is 0 Å². The Morgan fingerprint density at radius 2 is 1.50 bits per heavy atom. The van der Waals surface area contributed by atoms with Crippen LogP contribution >= 0.6 is 0 Å². The fraction of sp³-hybridized carbons (Fsp3) is 0.286. The van der Waals surface area contributed by atoms with Crippen LogP contribution < -0.4 is 0 Å². The summed E-state index contributed by atoms with van der Waals surface area (Å²) in [5.74, 6) is -4.79. The lowest BCUT2D eigenvalue weighted by molar-refractivity contribution is -0.150. The summed E-state index contributed by atoms with van der Waals surface area (Å²) in [7, 11) is 1.19. The van der Waals surface area contributed by atoms with Crippen molar-refractivity contribution in [3.8, 4) is 0 Å². The molecule has 26 heavy (non-hydrogen) atoms. The Morgan fingerprint density at radius 1 is 0.923 bits per heavy atom. The van der Waals surface area contributed by atoms with Gasteiger partial charge in [0.25, 0.3) is 0 Å². The number of Topliss-reactive ketones (excluding diaryl/α,β-unsaturated/α-hetero) is 2. The van der Waals surface area contributed by atoms with Gasteiger partial charge in [0, 0.05) is 11.5 Å². The molecule has 0 heterocycles. The molecule has 0 saturated carbocycles. The Balaban J connectivity index is 2.58. The zero-order chi connectivity index (χ0) is 19.3. The third-order valence-electron chi connectivity index (χ3n) is 4.23. The molecular formula is C21H21FO4. The van der Waals surface area contributed by atoms with Crippen molar-refractivity contribution in [3.63, 3.8) is 0 Å². The summed E-state index contributed by atoms with van der Waals surface area (Å²) in [6.45, 7) is 3.34. The van der Waals surface area contributed by atoms with Crippen molar-refractivity contribution in [3.05, 3.63) is 71.5 Å². The van der Waals surface area contributed by atoms with Crippen LogP contribution in [0, 0.1) is 17.7 Å². The minimum absolute atomic E-state index is 0.228. The van der Waals surface area contributed by atoms with E-state index in [9.17, 15) is 18.8 Å². The highest BCUT2D eigenvalue weighted by Gasteiger charge is 2.41. The first-order chi connectivity index (χ1) is 12.4. The summed E-state index contributed by atoms with van der Waals surface area (Å²) in [5.41, 5.74) is 0.761. The number of halogens is 1.